The summed E-state index contributed by atoms with van der Waals surface area (Å²) in [6.45, 7) is -1.37. The van der Waals surface area contributed by atoms with Gasteiger partial charge in [0.2, 0.25) is 5.91 Å². The number of aliphatic hydroxyl groups excluding tert-OH is 1. The summed E-state index contributed by atoms with van der Waals surface area (Å²) in [5.41, 5.74) is 0.550. The lowest BCUT2D eigenvalue weighted by molar-refractivity contribution is -0.133. The molecule has 1 atom stereocenters. The van der Waals surface area contributed by atoms with E-state index in [1.807, 2.05) is 19.0 Å². The van der Waals surface area contributed by atoms with E-state index < -0.39 is 35.2 Å². The van der Waals surface area contributed by atoms with Gasteiger partial charge in [0.05, 0.1) is 28.6 Å². The number of hydrogen-bond donors (Lipinski definition) is 2. The van der Waals surface area contributed by atoms with Gasteiger partial charge in [0.25, 0.3) is 11.8 Å². The van der Waals surface area contributed by atoms with Crippen LogP contribution >= 0.6 is 23.2 Å². The highest BCUT2D eigenvalue weighted by atomic mass is 35.5. The van der Waals surface area contributed by atoms with Gasteiger partial charge in [-0.25, -0.2) is 9.37 Å². The van der Waals surface area contributed by atoms with Crippen molar-refractivity contribution in [1.82, 2.24) is 24.3 Å². The molecule has 2 N–H and O–H groups in total. The number of piperazine rings is 1. The number of hydrogen-bond acceptors (Lipinski definition) is 7. The number of imidazole rings is 1. The Morgan fingerprint density at radius 3 is 2.39 bits per heavy atom. The number of ether oxygens (including phenoxy) is 1. The minimum absolute atomic E-state index is 0.0748. The molecule has 1 aromatic heterocycles. The summed E-state index contributed by atoms with van der Waals surface area (Å²) in [6.07, 6.45) is 1.22. The number of nitrogens with zero attached hydrogens (tertiary/aromatic N) is 5. The number of likely N-dealkylation sites (N-methyl/N-ethyl adjacent to an activating group) is 1. The van der Waals surface area contributed by atoms with Gasteiger partial charge in [-0.3, -0.25) is 14.4 Å². The van der Waals surface area contributed by atoms with E-state index in [1.165, 1.54) is 42.1 Å². The van der Waals surface area contributed by atoms with E-state index in [-0.39, 0.29) is 51.6 Å². The van der Waals surface area contributed by atoms with Crippen LogP contribution in [0, 0.1) is 5.82 Å². The summed E-state index contributed by atoms with van der Waals surface area (Å²) in [7, 11) is 5.16. The van der Waals surface area contributed by atoms with Gasteiger partial charge in [-0.2, -0.15) is 8.78 Å². The molecular formula is C30H33Cl2F3N6O5. The van der Waals surface area contributed by atoms with Gasteiger partial charge in [0.1, 0.15) is 10.8 Å². The highest BCUT2D eigenvalue weighted by molar-refractivity contribution is 6.34. The van der Waals surface area contributed by atoms with Crippen LogP contribution in [0.5, 0.6) is 5.75 Å². The fourth-order valence-electron chi connectivity index (χ4n) is 5.03. The van der Waals surface area contributed by atoms with Crippen LogP contribution in [-0.4, -0.2) is 107 Å². The smallest absolute Gasteiger partial charge is 0.387 e. The molecule has 11 nitrogen and oxygen atoms in total. The van der Waals surface area contributed by atoms with Gasteiger partial charge in [0.15, 0.2) is 11.6 Å². The van der Waals surface area contributed by atoms with Gasteiger partial charge in [-0.1, -0.05) is 23.2 Å². The zero-order chi connectivity index (χ0) is 33.7. The summed E-state index contributed by atoms with van der Waals surface area (Å²) in [4.78, 5) is 48.0. The Hall–Kier alpha value is -3.85. The number of alkyl halides is 2. The summed E-state index contributed by atoms with van der Waals surface area (Å²) in [6, 6.07) is 6.67. The van der Waals surface area contributed by atoms with E-state index in [0.29, 0.717) is 39.1 Å². The Labute approximate surface area is 273 Å². The molecule has 0 saturated carbocycles. The number of amides is 3. The summed E-state index contributed by atoms with van der Waals surface area (Å²) >= 11 is 12.3. The van der Waals surface area contributed by atoms with Crippen LogP contribution in [0.15, 0.2) is 36.5 Å². The second-order valence-electron chi connectivity index (χ2n) is 10.9. The Bertz CT molecular complexity index is 1600. The summed E-state index contributed by atoms with van der Waals surface area (Å²) < 4.78 is 45.5. The average molecular weight is 686 g/mol. The van der Waals surface area contributed by atoms with Crippen molar-refractivity contribution in [1.29, 1.82) is 0 Å². The molecule has 2 heterocycles. The second kappa shape index (κ2) is 15.2. The number of halogens is 5. The molecule has 46 heavy (non-hydrogen) atoms. The molecule has 0 radical (unpaired) electrons. The van der Waals surface area contributed by atoms with Gasteiger partial charge in [-0.15, -0.1) is 0 Å². The van der Waals surface area contributed by atoms with E-state index >= 15 is 0 Å². The first-order chi connectivity index (χ1) is 21.8. The summed E-state index contributed by atoms with van der Waals surface area (Å²) in [5, 5.41) is 12.1. The molecule has 4 rings (SSSR count). The van der Waals surface area contributed by atoms with Crippen molar-refractivity contribution in [3.8, 4) is 17.0 Å². The standard InChI is InChI=1S/C30H33Cl2F3N6O5/c1-38(2)16-18(42)5-9-24(43)40-10-12-41(13-11-40)29(45)19-6-4-17(14-21(19)31)37-28(44)27-36-15-22(39(27)3)20-7-8-23(46-30(34)35)25(32)26(20)33/h4,6-8,14-15,18,30,42H,5,9-13,16H2,1-3H3,(H,37,44)/t18-/m1/s1. The first-order valence-corrected chi connectivity index (χ1v) is 15.0. The van der Waals surface area contributed by atoms with Gasteiger partial charge in [-0.05, 0) is 50.8 Å². The molecule has 0 spiro atoms. The second-order valence-corrected chi connectivity index (χ2v) is 11.7. The number of carbonyl (C=O) groups is 3. The van der Waals surface area contributed by atoms with Crippen molar-refractivity contribution in [2.45, 2.75) is 25.6 Å². The maximum atomic E-state index is 14.9. The molecule has 248 valence electrons. The number of carbonyl (C=O) groups excluding carboxylic acids is 3. The Balaban J connectivity index is 1.36. The monoisotopic (exact) mass is 684 g/mol. The zero-order valence-electron chi connectivity index (χ0n) is 25.3. The van der Waals surface area contributed by atoms with Crippen LogP contribution in [0.1, 0.15) is 33.8 Å². The van der Waals surface area contributed by atoms with Crippen LogP contribution in [0.25, 0.3) is 11.3 Å². The average Bonchev–Trinajstić information content (AvgIpc) is 3.38. The van der Waals surface area contributed by atoms with Crippen LogP contribution < -0.4 is 10.1 Å². The third-order valence-electron chi connectivity index (χ3n) is 7.37. The molecule has 0 aliphatic carbocycles. The Morgan fingerprint density at radius 2 is 1.76 bits per heavy atom. The predicted octanol–water partition coefficient (Wildman–Crippen LogP) is 4.37. The van der Waals surface area contributed by atoms with Crippen LogP contribution in [-0.2, 0) is 11.8 Å². The van der Waals surface area contributed by atoms with Crippen molar-refractivity contribution in [2.75, 3.05) is 52.1 Å². The minimum atomic E-state index is -3.19. The predicted molar refractivity (Wildman–Crippen MR) is 166 cm³/mol. The van der Waals surface area contributed by atoms with Crippen molar-refractivity contribution >= 4 is 46.6 Å². The lowest BCUT2D eigenvalue weighted by Crippen LogP contribution is -2.50. The third kappa shape index (κ3) is 8.29. The quantitative estimate of drug-likeness (QED) is 0.308. The van der Waals surface area contributed by atoms with Crippen molar-refractivity contribution in [2.24, 2.45) is 7.05 Å². The summed E-state index contributed by atoms with van der Waals surface area (Å²) in [5.74, 6) is -2.72. The lowest BCUT2D eigenvalue weighted by Gasteiger charge is -2.35. The number of aliphatic hydroxyl groups is 1. The van der Waals surface area contributed by atoms with Crippen LogP contribution in [0.4, 0.5) is 18.9 Å². The molecule has 16 heteroatoms. The molecule has 1 fully saturated rings. The maximum Gasteiger partial charge on any atom is 0.387 e. The molecule has 3 amide bonds. The van der Waals surface area contributed by atoms with Crippen LogP contribution in [0.2, 0.25) is 10.0 Å². The molecule has 0 unspecified atom stereocenters. The lowest BCUT2D eigenvalue weighted by atomic mass is 10.1. The number of anilines is 1. The van der Waals surface area contributed by atoms with Crippen molar-refractivity contribution < 1.29 is 37.4 Å². The molecule has 1 aliphatic rings. The molecule has 2 aromatic carbocycles. The highest BCUT2D eigenvalue weighted by Gasteiger charge is 2.27. The Morgan fingerprint density at radius 1 is 1.09 bits per heavy atom. The highest BCUT2D eigenvalue weighted by Crippen LogP contribution is 2.35. The molecule has 3 aromatic rings. The van der Waals surface area contributed by atoms with E-state index in [0.717, 1.165) is 6.07 Å². The van der Waals surface area contributed by atoms with Gasteiger partial charge in [0, 0.05) is 57.4 Å². The fraction of sp³-hybridized carbons (Fsp3) is 0.400. The zero-order valence-corrected chi connectivity index (χ0v) is 26.8. The largest absolute Gasteiger partial charge is 0.433 e. The topological polar surface area (TPSA) is 120 Å². The van der Waals surface area contributed by atoms with Gasteiger partial charge >= 0.3 is 6.61 Å². The van der Waals surface area contributed by atoms with Crippen LogP contribution in [0.3, 0.4) is 0 Å². The maximum absolute atomic E-state index is 14.9. The molecular weight excluding hydrogens is 652 g/mol. The minimum Gasteiger partial charge on any atom is -0.433 e. The normalized spacial score (nSPS) is 14.2. The fourth-order valence-corrected chi connectivity index (χ4v) is 5.50. The van der Waals surface area contributed by atoms with E-state index in [9.17, 15) is 32.7 Å². The molecule has 1 saturated heterocycles. The van der Waals surface area contributed by atoms with E-state index in [4.69, 9.17) is 23.2 Å². The number of nitrogens with one attached hydrogen (secondary N) is 1. The molecule has 0 bridgehead atoms. The van der Waals surface area contributed by atoms with E-state index in [1.54, 1.807) is 9.80 Å². The first-order valence-electron chi connectivity index (χ1n) is 14.2. The third-order valence-corrected chi connectivity index (χ3v) is 8.04. The number of aromatic nitrogens is 2. The van der Waals surface area contributed by atoms with Gasteiger partial charge < -0.3 is 34.4 Å². The Kier molecular flexibility index (Phi) is 11.5. The molecule has 1 aliphatic heterocycles. The first kappa shape index (κ1) is 35.0. The van der Waals surface area contributed by atoms with E-state index in [2.05, 4.69) is 15.0 Å². The van der Waals surface area contributed by atoms with Crippen molar-refractivity contribution in [3.05, 3.63) is 63.8 Å². The SMILES string of the molecule is CN(C)C[C@H](O)CCC(=O)N1CCN(C(=O)c2ccc(NC(=O)c3ncc(-c4ccc(OC(F)F)c(Cl)c4F)n3C)cc2Cl)CC1. The number of rotatable bonds is 11. The van der Waals surface area contributed by atoms with Crippen molar-refractivity contribution in [3.63, 3.8) is 0 Å². The number of benzene rings is 2.